The van der Waals surface area contributed by atoms with Gasteiger partial charge in [-0.05, 0) is 68.0 Å². The zero-order chi connectivity index (χ0) is 19.7. The number of rotatable bonds is 9. The minimum atomic E-state index is -3.74. The highest BCUT2D eigenvalue weighted by molar-refractivity contribution is 7.89. The van der Waals surface area contributed by atoms with E-state index in [4.69, 9.17) is 21.7 Å². The molecule has 0 amide bonds. The van der Waals surface area contributed by atoms with Crippen molar-refractivity contribution >= 4 is 27.4 Å². The molecule has 0 saturated carbocycles. The van der Waals surface area contributed by atoms with Crippen molar-refractivity contribution in [1.29, 1.82) is 0 Å². The van der Waals surface area contributed by atoms with Crippen LogP contribution in [-0.2, 0) is 16.6 Å². The Morgan fingerprint density at radius 1 is 0.926 bits per heavy atom. The number of hydrogen-bond donors (Lipinski definition) is 3. The molecule has 2 aromatic rings. The van der Waals surface area contributed by atoms with Gasteiger partial charge in [0.05, 0.1) is 18.1 Å². The maximum Gasteiger partial charge on any atom is 0.257 e. The summed E-state index contributed by atoms with van der Waals surface area (Å²) in [5.74, 6) is 1.40. The highest BCUT2D eigenvalue weighted by Crippen LogP contribution is 2.15. The molecule has 0 fully saturated rings. The van der Waals surface area contributed by atoms with Crippen LogP contribution in [0.15, 0.2) is 53.4 Å². The molecule has 0 heterocycles. The van der Waals surface area contributed by atoms with Crippen LogP contribution in [0.1, 0.15) is 19.4 Å². The highest BCUT2D eigenvalue weighted by atomic mass is 32.2. The van der Waals surface area contributed by atoms with Gasteiger partial charge in [0.2, 0.25) is 0 Å². The minimum absolute atomic E-state index is 0.104. The predicted molar refractivity (Wildman–Crippen MR) is 108 cm³/mol. The smallest absolute Gasteiger partial charge is 0.257 e. The van der Waals surface area contributed by atoms with E-state index in [0.717, 1.165) is 11.3 Å². The van der Waals surface area contributed by atoms with E-state index in [1.165, 1.54) is 12.1 Å². The Bertz CT molecular complexity index is 838. The average molecular weight is 410 g/mol. The van der Waals surface area contributed by atoms with E-state index >= 15 is 0 Å². The number of hydrogen-bond acceptors (Lipinski definition) is 5. The lowest BCUT2D eigenvalue weighted by atomic mass is 10.2. The van der Waals surface area contributed by atoms with Crippen molar-refractivity contribution in [3.05, 3.63) is 54.1 Å². The predicted octanol–water partition coefficient (Wildman–Crippen LogP) is 2.34. The third kappa shape index (κ3) is 6.70. The lowest BCUT2D eigenvalue weighted by Crippen LogP contribution is -2.46. The van der Waals surface area contributed by atoms with Gasteiger partial charge in [0.1, 0.15) is 11.5 Å². The van der Waals surface area contributed by atoms with E-state index in [1.54, 1.807) is 12.1 Å². The van der Waals surface area contributed by atoms with E-state index in [2.05, 4.69) is 15.6 Å². The molecule has 7 nitrogen and oxygen atoms in total. The molecule has 9 heteroatoms. The number of nitrogens with one attached hydrogen (secondary N) is 3. The van der Waals surface area contributed by atoms with Gasteiger partial charge >= 0.3 is 0 Å². The van der Waals surface area contributed by atoms with Crippen LogP contribution in [-0.4, -0.2) is 26.7 Å². The van der Waals surface area contributed by atoms with Crippen LogP contribution in [0.5, 0.6) is 11.5 Å². The maximum atomic E-state index is 12.3. The van der Waals surface area contributed by atoms with Crippen molar-refractivity contribution in [3.63, 3.8) is 0 Å². The molecule has 0 radical (unpaired) electrons. The first-order valence-corrected chi connectivity index (χ1v) is 10.3. The molecule has 2 aromatic carbocycles. The third-order valence-electron chi connectivity index (χ3n) is 3.43. The SMILES string of the molecule is CCOc1ccc(CNC(=S)NNS(=O)(=O)c2ccc(OCC)cc2)cc1. The highest BCUT2D eigenvalue weighted by Gasteiger charge is 2.14. The second kappa shape index (κ2) is 10.1. The van der Waals surface area contributed by atoms with Crippen LogP contribution in [0.4, 0.5) is 0 Å². The van der Waals surface area contributed by atoms with Crippen molar-refractivity contribution in [2.24, 2.45) is 0 Å². The van der Waals surface area contributed by atoms with Crippen molar-refractivity contribution in [3.8, 4) is 11.5 Å². The van der Waals surface area contributed by atoms with Gasteiger partial charge in [-0.3, -0.25) is 5.43 Å². The number of ether oxygens (including phenoxy) is 2. The van der Waals surface area contributed by atoms with Crippen LogP contribution in [0.3, 0.4) is 0 Å². The van der Waals surface area contributed by atoms with Crippen LogP contribution in [0.2, 0.25) is 0 Å². The molecule has 0 unspecified atom stereocenters. The van der Waals surface area contributed by atoms with Crippen LogP contribution < -0.4 is 25.0 Å². The summed E-state index contributed by atoms with van der Waals surface area (Å²) in [6.07, 6.45) is 0. The monoisotopic (exact) mass is 409 g/mol. The van der Waals surface area contributed by atoms with E-state index in [1.807, 2.05) is 38.1 Å². The van der Waals surface area contributed by atoms with E-state index < -0.39 is 10.0 Å². The van der Waals surface area contributed by atoms with Gasteiger partial charge in [0, 0.05) is 6.54 Å². The van der Waals surface area contributed by atoms with Gasteiger partial charge in [-0.2, -0.15) is 0 Å². The summed E-state index contributed by atoms with van der Waals surface area (Å²) < 4.78 is 35.2. The molecule has 2 rings (SSSR count). The first kappa shape index (κ1) is 20.9. The second-order valence-electron chi connectivity index (χ2n) is 5.39. The summed E-state index contributed by atoms with van der Waals surface area (Å²) >= 11 is 5.10. The summed E-state index contributed by atoms with van der Waals surface area (Å²) in [6, 6.07) is 13.7. The Hall–Kier alpha value is -2.36. The van der Waals surface area contributed by atoms with Crippen molar-refractivity contribution in [2.75, 3.05) is 13.2 Å². The first-order valence-electron chi connectivity index (χ1n) is 8.45. The fourth-order valence-corrected chi connectivity index (χ4v) is 3.19. The molecule has 0 aliphatic carbocycles. The first-order chi connectivity index (χ1) is 12.9. The Kier molecular flexibility index (Phi) is 7.83. The minimum Gasteiger partial charge on any atom is -0.494 e. The number of thiocarbonyl (C=S) groups is 1. The quantitative estimate of drug-likeness (QED) is 0.433. The summed E-state index contributed by atoms with van der Waals surface area (Å²) in [4.78, 5) is 2.35. The van der Waals surface area contributed by atoms with Crippen LogP contribution in [0.25, 0.3) is 0 Å². The fourth-order valence-electron chi connectivity index (χ4n) is 2.15. The van der Waals surface area contributed by atoms with Gasteiger partial charge in [-0.1, -0.05) is 12.1 Å². The lowest BCUT2D eigenvalue weighted by Gasteiger charge is -2.13. The third-order valence-corrected chi connectivity index (χ3v) is 4.94. The van der Waals surface area contributed by atoms with E-state index in [-0.39, 0.29) is 10.0 Å². The summed E-state index contributed by atoms with van der Waals surface area (Å²) in [5, 5.41) is 3.10. The molecular formula is C18H23N3O4S2. The van der Waals surface area contributed by atoms with Gasteiger partial charge in [0.25, 0.3) is 10.0 Å². The van der Waals surface area contributed by atoms with E-state index in [9.17, 15) is 8.42 Å². The van der Waals surface area contributed by atoms with Gasteiger partial charge in [0.15, 0.2) is 5.11 Å². The number of hydrazine groups is 1. The Balaban J connectivity index is 1.83. The van der Waals surface area contributed by atoms with E-state index in [0.29, 0.717) is 25.5 Å². The molecule has 0 aliphatic heterocycles. The molecular weight excluding hydrogens is 386 g/mol. The average Bonchev–Trinajstić information content (AvgIpc) is 2.67. The zero-order valence-electron chi connectivity index (χ0n) is 15.2. The topological polar surface area (TPSA) is 88.7 Å². The second-order valence-corrected chi connectivity index (χ2v) is 7.49. The van der Waals surface area contributed by atoms with Crippen molar-refractivity contribution in [1.82, 2.24) is 15.6 Å². The van der Waals surface area contributed by atoms with Gasteiger partial charge < -0.3 is 14.8 Å². The molecule has 0 bridgehead atoms. The Morgan fingerprint density at radius 2 is 1.44 bits per heavy atom. The standard InChI is InChI=1S/C18H23N3O4S2/c1-3-24-15-7-5-14(6-8-15)13-19-18(26)20-21-27(22,23)17-11-9-16(10-12-17)25-4-2/h5-12,21H,3-4,13H2,1-2H3,(H2,19,20,26). The molecule has 27 heavy (non-hydrogen) atoms. The molecule has 0 spiro atoms. The van der Waals surface area contributed by atoms with Crippen LogP contribution in [0, 0.1) is 0 Å². The summed E-state index contributed by atoms with van der Waals surface area (Å²) in [5.41, 5.74) is 3.47. The largest absolute Gasteiger partial charge is 0.494 e. The zero-order valence-corrected chi connectivity index (χ0v) is 16.8. The lowest BCUT2D eigenvalue weighted by molar-refractivity contribution is 0.340. The molecule has 0 aromatic heterocycles. The summed E-state index contributed by atoms with van der Waals surface area (Å²) in [6.45, 7) is 5.36. The van der Waals surface area contributed by atoms with Crippen molar-refractivity contribution in [2.45, 2.75) is 25.3 Å². The normalized spacial score (nSPS) is 10.9. The number of sulfonamides is 1. The molecule has 0 aliphatic rings. The molecule has 0 atom stereocenters. The van der Waals surface area contributed by atoms with Gasteiger partial charge in [-0.15, -0.1) is 4.83 Å². The molecule has 0 saturated heterocycles. The molecule has 3 N–H and O–H groups in total. The molecule has 146 valence electrons. The Labute approximate surface area is 165 Å². The van der Waals surface area contributed by atoms with Crippen molar-refractivity contribution < 1.29 is 17.9 Å². The number of benzene rings is 2. The Morgan fingerprint density at radius 3 is 1.96 bits per heavy atom. The van der Waals surface area contributed by atoms with Crippen LogP contribution >= 0.6 is 12.2 Å². The summed E-state index contributed by atoms with van der Waals surface area (Å²) in [7, 11) is -3.74. The maximum absolute atomic E-state index is 12.3. The fraction of sp³-hybridized carbons (Fsp3) is 0.278. The van der Waals surface area contributed by atoms with Gasteiger partial charge in [-0.25, -0.2) is 8.42 Å².